The number of piperidine rings is 1. The molecule has 3 aromatic rings. The Morgan fingerprint density at radius 1 is 1.17 bits per heavy atom. The first-order chi connectivity index (χ1) is 14.2. The number of amides is 1. The second kappa shape index (κ2) is 8.52. The molecule has 5 heteroatoms. The number of carbonyl (C=O) groups excluding carboxylic acids is 1. The zero-order valence-electron chi connectivity index (χ0n) is 16.9. The fraction of sp³-hybridized carbons (Fsp3) is 0.333. The highest BCUT2D eigenvalue weighted by Crippen LogP contribution is 2.27. The van der Waals surface area contributed by atoms with Crippen molar-refractivity contribution in [3.8, 4) is 0 Å². The van der Waals surface area contributed by atoms with Crippen molar-refractivity contribution in [1.82, 2.24) is 14.9 Å². The van der Waals surface area contributed by atoms with Gasteiger partial charge in [-0.1, -0.05) is 48.5 Å². The summed E-state index contributed by atoms with van der Waals surface area (Å²) in [6.07, 6.45) is 3.58. The Balaban J connectivity index is 1.42. The van der Waals surface area contributed by atoms with Crippen LogP contribution < -0.4 is 10.2 Å². The lowest BCUT2D eigenvalue weighted by molar-refractivity contribution is -0.126. The minimum Gasteiger partial charge on any atom is -0.349 e. The van der Waals surface area contributed by atoms with E-state index < -0.39 is 0 Å². The molecule has 29 heavy (non-hydrogen) atoms. The highest BCUT2D eigenvalue weighted by molar-refractivity contribution is 5.80. The smallest absolute Gasteiger partial charge is 0.223 e. The number of benzene rings is 2. The summed E-state index contributed by atoms with van der Waals surface area (Å²) in [5.74, 6) is 1.18. The van der Waals surface area contributed by atoms with Crippen molar-refractivity contribution in [3.63, 3.8) is 0 Å². The van der Waals surface area contributed by atoms with Crippen LogP contribution in [0.1, 0.15) is 31.4 Å². The van der Waals surface area contributed by atoms with Gasteiger partial charge in [-0.3, -0.25) is 4.79 Å². The summed E-state index contributed by atoms with van der Waals surface area (Å²) in [5, 5.41) is 3.18. The van der Waals surface area contributed by atoms with E-state index in [4.69, 9.17) is 4.98 Å². The molecule has 0 spiro atoms. The molecule has 1 aliphatic heterocycles. The normalized spacial score (nSPS) is 16.0. The minimum atomic E-state index is 0.0264. The third-order valence-electron chi connectivity index (χ3n) is 5.75. The summed E-state index contributed by atoms with van der Waals surface area (Å²) in [7, 11) is 0. The van der Waals surface area contributed by atoms with Crippen molar-refractivity contribution in [2.45, 2.75) is 32.4 Å². The number of fused-ring (bicyclic) bond motifs is 1. The Kier molecular flexibility index (Phi) is 5.65. The SMILES string of the molecule is C=CCn1c(N2CCC(C(=O)NC(C)c3ccccc3)CC2)nc2ccccc21. The molecule has 5 nitrogen and oxygen atoms in total. The van der Waals surface area contributed by atoms with E-state index in [1.807, 2.05) is 49.4 Å². The van der Waals surface area contributed by atoms with Crippen molar-refractivity contribution in [2.75, 3.05) is 18.0 Å². The molecule has 0 saturated carbocycles. The molecule has 1 fully saturated rings. The second-order valence-electron chi connectivity index (χ2n) is 7.70. The van der Waals surface area contributed by atoms with Crippen LogP contribution in [0.5, 0.6) is 0 Å². The Morgan fingerprint density at radius 2 is 1.86 bits per heavy atom. The number of nitrogens with one attached hydrogen (secondary N) is 1. The van der Waals surface area contributed by atoms with Crippen LogP contribution in [-0.4, -0.2) is 28.5 Å². The van der Waals surface area contributed by atoms with Crippen LogP contribution in [0.2, 0.25) is 0 Å². The Labute approximate surface area is 172 Å². The third-order valence-corrected chi connectivity index (χ3v) is 5.75. The standard InChI is InChI=1S/C24H28N4O/c1-3-15-28-22-12-8-7-11-21(22)26-24(28)27-16-13-20(14-17-27)23(29)25-18(2)19-9-5-4-6-10-19/h3-12,18,20H,1,13-17H2,2H3,(H,25,29). The van der Waals surface area contributed by atoms with Crippen molar-refractivity contribution < 1.29 is 4.79 Å². The van der Waals surface area contributed by atoms with Crippen LogP contribution in [0.3, 0.4) is 0 Å². The lowest BCUT2D eigenvalue weighted by Crippen LogP contribution is -2.42. The average Bonchev–Trinajstić information content (AvgIpc) is 3.13. The number of anilines is 1. The predicted molar refractivity (Wildman–Crippen MR) is 118 cm³/mol. The van der Waals surface area contributed by atoms with Crippen LogP contribution >= 0.6 is 0 Å². The maximum atomic E-state index is 12.8. The summed E-state index contributed by atoms with van der Waals surface area (Å²) in [6.45, 7) is 8.33. The highest BCUT2D eigenvalue weighted by atomic mass is 16.1. The predicted octanol–water partition coefficient (Wildman–Crippen LogP) is 4.32. The van der Waals surface area contributed by atoms with E-state index in [1.54, 1.807) is 0 Å². The lowest BCUT2D eigenvalue weighted by Gasteiger charge is -2.32. The van der Waals surface area contributed by atoms with Gasteiger partial charge in [0.1, 0.15) is 0 Å². The monoisotopic (exact) mass is 388 g/mol. The molecule has 1 unspecified atom stereocenters. The number of allylic oxidation sites excluding steroid dienone is 1. The first-order valence-electron chi connectivity index (χ1n) is 10.3. The molecule has 0 radical (unpaired) electrons. The topological polar surface area (TPSA) is 50.2 Å². The lowest BCUT2D eigenvalue weighted by atomic mass is 9.95. The molecule has 1 aromatic heterocycles. The van der Waals surface area contributed by atoms with Gasteiger partial charge in [-0.25, -0.2) is 4.98 Å². The fourth-order valence-corrected chi connectivity index (χ4v) is 4.11. The summed E-state index contributed by atoms with van der Waals surface area (Å²) in [4.78, 5) is 19.9. The Morgan fingerprint density at radius 3 is 2.59 bits per heavy atom. The molecule has 1 atom stereocenters. The maximum Gasteiger partial charge on any atom is 0.223 e. The molecular weight excluding hydrogens is 360 g/mol. The van der Waals surface area contributed by atoms with Crippen LogP contribution in [-0.2, 0) is 11.3 Å². The van der Waals surface area contributed by atoms with Gasteiger partial charge in [-0.2, -0.15) is 0 Å². The Bertz CT molecular complexity index is 987. The summed E-state index contributed by atoms with van der Waals surface area (Å²) >= 11 is 0. The van der Waals surface area contributed by atoms with E-state index in [1.165, 1.54) is 0 Å². The number of hydrogen-bond acceptors (Lipinski definition) is 3. The van der Waals surface area contributed by atoms with Gasteiger partial charge in [-0.05, 0) is 37.5 Å². The largest absolute Gasteiger partial charge is 0.349 e. The molecule has 0 aliphatic carbocycles. The van der Waals surface area contributed by atoms with Gasteiger partial charge >= 0.3 is 0 Å². The van der Waals surface area contributed by atoms with Gasteiger partial charge in [0, 0.05) is 25.6 Å². The van der Waals surface area contributed by atoms with Gasteiger partial charge in [0.05, 0.1) is 17.1 Å². The van der Waals surface area contributed by atoms with Gasteiger partial charge in [0.25, 0.3) is 0 Å². The number of para-hydroxylation sites is 2. The van der Waals surface area contributed by atoms with Gasteiger partial charge in [0.2, 0.25) is 11.9 Å². The molecule has 4 rings (SSSR count). The zero-order chi connectivity index (χ0) is 20.2. The van der Waals surface area contributed by atoms with E-state index in [-0.39, 0.29) is 17.9 Å². The van der Waals surface area contributed by atoms with Crippen LogP contribution in [0, 0.1) is 5.92 Å². The average molecular weight is 389 g/mol. The molecule has 2 heterocycles. The van der Waals surface area contributed by atoms with Crippen LogP contribution in [0.15, 0.2) is 67.3 Å². The highest BCUT2D eigenvalue weighted by Gasteiger charge is 2.28. The third kappa shape index (κ3) is 4.04. The number of nitrogens with zero attached hydrogens (tertiary/aromatic N) is 3. The fourth-order valence-electron chi connectivity index (χ4n) is 4.11. The molecule has 1 N–H and O–H groups in total. The molecule has 1 amide bonds. The molecule has 1 saturated heterocycles. The summed E-state index contributed by atoms with van der Waals surface area (Å²) < 4.78 is 2.21. The molecular formula is C24H28N4O. The van der Waals surface area contributed by atoms with E-state index in [0.717, 1.165) is 55.0 Å². The second-order valence-corrected chi connectivity index (χ2v) is 7.70. The van der Waals surface area contributed by atoms with Crippen molar-refractivity contribution in [2.24, 2.45) is 5.92 Å². The first-order valence-corrected chi connectivity index (χ1v) is 10.3. The van der Waals surface area contributed by atoms with Crippen LogP contribution in [0.4, 0.5) is 5.95 Å². The summed E-state index contributed by atoms with van der Waals surface area (Å²) in [6, 6.07) is 18.3. The van der Waals surface area contributed by atoms with Crippen molar-refractivity contribution in [1.29, 1.82) is 0 Å². The van der Waals surface area contributed by atoms with Gasteiger partial charge in [0.15, 0.2) is 0 Å². The first kappa shape index (κ1) is 19.2. The number of hydrogen-bond donors (Lipinski definition) is 1. The quantitative estimate of drug-likeness (QED) is 0.640. The zero-order valence-corrected chi connectivity index (χ0v) is 16.9. The molecule has 150 valence electrons. The van der Waals surface area contributed by atoms with E-state index in [2.05, 4.69) is 39.6 Å². The van der Waals surface area contributed by atoms with Crippen molar-refractivity contribution in [3.05, 3.63) is 72.8 Å². The summed E-state index contributed by atoms with van der Waals surface area (Å²) in [5.41, 5.74) is 3.26. The maximum absolute atomic E-state index is 12.8. The number of imidazole rings is 1. The number of aromatic nitrogens is 2. The molecule has 1 aliphatic rings. The number of rotatable bonds is 6. The Hall–Kier alpha value is -3.08. The van der Waals surface area contributed by atoms with E-state index in [0.29, 0.717) is 0 Å². The van der Waals surface area contributed by atoms with Gasteiger partial charge in [-0.15, -0.1) is 6.58 Å². The van der Waals surface area contributed by atoms with Gasteiger partial charge < -0.3 is 14.8 Å². The van der Waals surface area contributed by atoms with Crippen molar-refractivity contribution >= 4 is 22.9 Å². The number of carbonyl (C=O) groups is 1. The van der Waals surface area contributed by atoms with E-state index >= 15 is 0 Å². The molecule has 2 aromatic carbocycles. The van der Waals surface area contributed by atoms with E-state index in [9.17, 15) is 4.79 Å². The molecule has 0 bridgehead atoms. The minimum absolute atomic E-state index is 0.0264. The van der Waals surface area contributed by atoms with Crippen LogP contribution in [0.25, 0.3) is 11.0 Å².